The number of ether oxygens (including phenoxy) is 1. The Balaban J connectivity index is 0.00000361. The van der Waals surface area contributed by atoms with Crippen LogP contribution in [0.15, 0.2) is 94.5 Å². The summed E-state index contributed by atoms with van der Waals surface area (Å²) in [5.41, 5.74) is 3.94. The van der Waals surface area contributed by atoms with Gasteiger partial charge in [-0.05, 0) is 55.2 Å². The number of hydrogen-bond donors (Lipinski definition) is 0. The fourth-order valence-corrected chi connectivity index (χ4v) is 3.38. The smallest absolute Gasteiger partial charge is 0.550 e. The summed E-state index contributed by atoms with van der Waals surface area (Å²) in [5.74, 6) is 0.866. The molecule has 1 heterocycles. The third-order valence-corrected chi connectivity index (χ3v) is 5.29. The minimum atomic E-state index is -1.12. The molecule has 0 spiro atoms. The van der Waals surface area contributed by atoms with E-state index in [0.717, 1.165) is 28.1 Å². The number of carbonyl (C=O) groups excluding carboxylic acids is 1. The summed E-state index contributed by atoms with van der Waals surface area (Å²) in [6, 6.07) is 26.6. The molecule has 36 heavy (non-hydrogen) atoms. The molecule has 0 N–H and O–H groups in total. The van der Waals surface area contributed by atoms with Crippen molar-refractivity contribution in [2.24, 2.45) is 5.16 Å². The average molecular weight is 476 g/mol. The molecule has 0 aliphatic rings. The van der Waals surface area contributed by atoms with Gasteiger partial charge in [0.15, 0.2) is 0 Å². The first-order valence-electron chi connectivity index (χ1n) is 11.3. The van der Waals surface area contributed by atoms with Crippen LogP contribution in [0.5, 0.6) is 5.75 Å². The maximum Gasteiger partial charge on any atom is 1.00 e. The van der Waals surface area contributed by atoms with E-state index in [-0.39, 0.29) is 38.3 Å². The first kappa shape index (κ1) is 26.8. The summed E-state index contributed by atoms with van der Waals surface area (Å²) >= 11 is 0. The SMILES string of the molecule is Cc1oc(-c2ccccc2)nc1COc1ccc(CO/N=C(\CCC(=O)[O-])c2ccccc2)cc1.[Li+]. The number of oxime groups is 1. The van der Waals surface area contributed by atoms with Crippen LogP contribution >= 0.6 is 0 Å². The van der Waals surface area contributed by atoms with Gasteiger partial charge in [-0.3, -0.25) is 0 Å². The van der Waals surface area contributed by atoms with Crippen LogP contribution < -0.4 is 28.7 Å². The van der Waals surface area contributed by atoms with Gasteiger partial charge in [0.1, 0.15) is 30.4 Å². The van der Waals surface area contributed by atoms with Crippen molar-refractivity contribution in [3.63, 3.8) is 0 Å². The van der Waals surface area contributed by atoms with Crippen molar-refractivity contribution >= 4 is 11.7 Å². The van der Waals surface area contributed by atoms with Gasteiger partial charge in [0.25, 0.3) is 0 Å². The Morgan fingerprint density at radius 2 is 1.58 bits per heavy atom. The van der Waals surface area contributed by atoms with Crippen molar-refractivity contribution in [1.29, 1.82) is 0 Å². The van der Waals surface area contributed by atoms with Gasteiger partial charge in [0.05, 0.1) is 5.71 Å². The molecular formula is C28H25LiN2O5. The normalized spacial score (nSPS) is 11.0. The number of oxazole rings is 1. The molecule has 3 aromatic carbocycles. The fourth-order valence-electron chi connectivity index (χ4n) is 3.38. The average Bonchev–Trinajstić information content (AvgIpc) is 3.27. The van der Waals surface area contributed by atoms with Crippen LogP contribution in [0.1, 0.15) is 35.4 Å². The first-order chi connectivity index (χ1) is 17.1. The Labute approximate surface area is 222 Å². The molecule has 4 aromatic rings. The number of carbonyl (C=O) groups is 1. The van der Waals surface area contributed by atoms with E-state index in [1.807, 2.05) is 91.9 Å². The first-order valence-corrected chi connectivity index (χ1v) is 11.3. The van der Waals surface area contributed by atoms with E-state index in [0.29, 0.717) is 24.0 Å². The largest absolute Gasteiger partial charge is 1.00 e. The maximum absolute atomic E-state index is 10.9. The van der Waals surface area contributed by atoms with Crippen LogP contribution in [0.25, 0.3) is 11.5 Å². The number of aliphatic carboxylic acids is 1. The predicted molar refractivity (Wildman–Crippen MR) is 129 cm³/mol. The molecule has 8 heteroatoms. The van der Waals surface area contributed by atoms with Crippen LogP contribution in [-0.2, 0) is 22.8 Å². The topological polar surface area (TPSA) is 97.0 Å². The summed E-state index contributed by atoms with van der Waals surface area (Å²) in [4.78, 5) is 20.9. The number of benzene rings is 3. The quantitative estimate of drug-likeness (QED) is 0.186. The number of aromatic nitrogens is 1. The molecule has 178 valence electrons. The zero-order valence-corrected chi connectivity index (χ0v) is 20.3. The zero-order chi connectivity index (χ0) is 24.5. The second-order valence-electron chi connectivity index (χ2n) is 7.87. The molecule has 0 unspecified atom stereocenters. The van der Waals surface area contributed by atoms with E-state index in [1.165, 1.54) is 0 Å². The summed E-state index contributed by atoms with van der Waals surface area (Å²) in [7, 11) is 0. The van der Waals surface area contributed by atoms with Crippen LogP contribution in [-0.4, -0.2) is 16.7 Å². The van der Waals surface area contributed by atoms with Crippen LogP contribution in [0.4, 0.5) is 0 Å². The Bertz CT molecular complexity index is 1270. The third-order valence-electron chi connectivity index (χ3n) is 5.29. The van der Waals surface area contributed by atoms with Gasteiger partial charge in [0, 0.05) is 11.5 Å². The monoisotopic (exact) mass is 476 g/mol. The predicted octanol–water partition coefficient (Wildman–Crippen LogP) is 1.68. The van der Waals surface area contributed by atoms with Crippen LogP contribution in [0.3, 0.4) is 0 Å². The van der Waals surface area contributed by atoms with Gasteiger partial charge in [-0.25, -0.2) is 4.98 Å². The van der Waals surface area contributed by atoms with Crippen molar-refractivity contribution in [2.45, 2.75) is 33.0 Å². The number of hydrogen-bond acceptors (Lipinski definition) is 7. The van der Waals surface area contributed by atoms with E-state index >= 15 is 0 Å². The van der Waals surface area contributed by atoms with Gasteiger partial charge in [-0.2, -0.15) is 0 Å². The molecule has 0 saturated carbocycles. The third kappa shape index (κ3) is 7.61. The number of aryl methyl sites for hydroxylation is 1. The Hall–Kier alpha value is -3.79. The number of rotatable bonds is 11. The molecule has 0 bridgehead atoms. The zero-order valence-electron chi connectivity index (χ0n) is 20.3. The van der Waals surface area contributed by atoms with Gasteiger partial charge in [-0.1, -0.05) is 65.8 Å². The van der Waals surface area contributed by atoms with Gasteiger partial charge in [-0.15, -0.1) is 0 Å². The summed E-state index contributed by atoms with van der Waals surface area (Å²) in [6.07, 6.45) is 0.105. The Morgan fingerprint density at radius 1 is 0.917 bits per heavy atom. The van der Waals surface area contributed by atoms with Gasteiger partial charge >= 0.3 is 18.9 Å². The molecule has 4 rings (SSSR count). The number of nitrogens with zero attached hydrogens (tertiary/aromatic N) is 2. The van der Waals surface area contributed by atoms with E-state index in [1.54, 1.807) is 0 Å². The second kappa shape index (κ2) is 13.3. The molecule has 0 amide bonds. The summed E-state index contributed by atoms with van der Waals surface area (Å²) in [6.45, 7) is 2.40. The van der Waals surface area contributed by atoms with Gasteiger partial charge in [0.2, 0.25) is 5.89 Å². The minimum absolute atomic E-state index is 0. The van der Waals surface area contributed by atoms with Crippen molar-refractivity contribution in [2.75, 3.05) is 0 Å². The minimum Gasteiger partial charge on any atom is -0.550 e. The molecule has 0 radical (unpaired) electrons. The van der Waals surface area contributed by atoms with Gasteiger partial charge < -0.3 is 23.9 Å². The van der Waals surface area contributed by atoms with Crippen molar-refractivity contribution < 1.29 is 42.8 Å². The molecule has 0 aliphatic heterocycles. The van der Waals surface area contributed by atoms with Crippen molar-refractivity contribution in [1.82, 2.24) is 4.98 Å². The number of carboxylic acids is 1. The molecule has 0 aliphatic carbocycles. The Morgan fingerprint density at radius 3 is 2.25 bits per heavy atom. The molecule has 7 nitrogen and oxygen atoms in total. The van der Waals surface area contributed by atoms with E-state index < -0.39 is 5.97 Å². The van der Waals surface area contributed by atoms with Crippen molar-refractivity contribution in [3.8, 4) is 17.2 Å². The molecule has 0 fully saturated rings. The van der Waals surface area contributed by atoms with E-state index in [2.05, 4.69) is 10.1 Å². The molecule has 0 saturated heterocycles. The van der Waals surface area contributed by atoms with E-state index in [9.17, 15) is 9.90 Å². The summed E-state index contributed by atoms with van der Waals surface area (Å²) < 4.78 is 11.7. The van der Waals surface area contributed by atoms with Crippen LogP contribution in [0.2, 0.25) is 0 Å². The molecular weight excluding hydrogens is 451 g/mol. The second-order valence-corrected chi connectivity index (χ2v) is 7.87. The fraction of sp³-hybridized carbons (Fsp3) is 0.179. The number of carboxylic acid groups (broad SMARTS) is 1. The maximum atomic E-state index is 10.9. The standard InChI is InChI=1S/C28H26N2O5.Li/c1-20-26(29-28(35-20)23-10-6-3-7-11-23)19-33-24-14-12-21(13-15-24)18-34-30-25(16-17-27(31)32)22-8-4-2-5-9-22;/h2-15H,16-19H2,1H3,(H,31,32);/q;+1/p-1/b30-25+;. The Kier molecular flexibility index (Phi) is 9.93. The van der Waals surface area contributed by atoms with Crippen molar-refractivity contribution in [3.05, 3.63) is 108 Å². The molecule has 0 atom stereocenters. The summed E-state index contributed by atoms with van der Waals surface area (Å²) in [5, 5.41) is 15.0. The van der Waals surface area contributed by atoms with Crippen LogP contribution in [0, 0.1) is 6.92 Å². The van der Waals surface area contributed by atoms with E-state index in [4.69, 9.17) is 14.0 Å². The molecule has 1 aromatic heterocycles.